The average molecular weight is 474 g/mol. The van der Waals surface area contributed by atoms with Gasteiger partial charge in [0.25, 0.3) is 0 Å². The number of nitrogens with one attached hydrogen (secondary N) is 1. The Balaban J connectivity index is 1.52. The molecule has 2 aliphatic heterocycles. The molecule has 1 aliphatic carbocycles. The van der Waals surface area contributed by atoms with Crippen molar-refractivity contribution in [2.45, 2.75) is 52.4 Å². The molecular formula is C25H35N3O6. The molecule has 1 aromatic rings. The van der Waals surface area contributed by atoms with E-state index in [2.05, 4.69) is 10.2 Å². The largest absolute Gasteiger partial charge is 0.492 e. The zero-order chi connectivity index (χ0) is 24.1. The third kappa shape index (κ3) is 4.99. The fourth-order valence-corrected chi connectivity index (χ4v) is 5.22. The molecule has 2 heterocycles. The van der Waals surface area contributed by atoms with Gasteiger partial charge in [-0.2, -0.15) is 0 Å². The molecule has 1 N–H and O–H groups in total. The van der Waals surface area contributed by atoms with Crippen LogP contribution < -0.4 is 19.7 Å². The van der Waals surface area contributed by atoms with Gasteiger partial charge in [-0.1, -0.05) is 19.3 Å². The van der Waals surface area contributed by atoms with Crippen molar-refractivity contribution in [3.05, 3.63) is 12.1 Å². The molecule has 1 aromatic carbocycles. The SMILES string of the molecule is CCOc1cc(N2CCOCC2)c(OCC)cc1NC(=O)CN1C(=O)CC2(CCCCC2)C1=O. The highest BCUT2D eigenvalue weighted by Gasteiger charge is 2.51. The van der Waals surface area contributed by atoms with E-state index in [9.17, 15) is 14.4 Å². The first-order valence-corrected chi connectivity index (χ1v) is 12.4. The molecule has 1 saturated carbocycles. The minimum Gasteiger partial charge on any atom is -0.492 e. The second-order valence-corrected chi connectivity index (χ2v) is 9.13. The van der Waals surface area contributed by atoms with Crippen molar-refractivity contribution in [3.8, 4) is 11.5 Å². The molecule has 0 unspecified atom stereocenters. The molecule has 0 radical (unpaired) electrons. The summed E-state index contributed by atoms with van der Waals surface area (Å²) in [4.78, 5) is 42.0. The molecular weight excluding hydrogens is 438 g/mol. The fraction of sp³-hybridized carbons (Fsp3) is 0.640. The summed E-state index contributed by atoms with van der Waals surface area (Å²) in [6, 6.07) is 3.63. The Kier molecular flexibility index (Phi) is 7.60. The molecule has 2 saturated heterocycles. The number of hydrogen-bond donors (Lipinski definition) is 1. The molecule has 34 heavy (non-hydrogen) atoms. The van der Waals surface area contributed by atoms with Crippen molar-refractivity contribution in [1.29, 1.82) is 0 Å². The molecule has 0 atom stereocenters. The van der Waals surface area contributed by atoms with E-state index in [1.165, 1.54) is 0 Å². The first-order chi connectivity index (χ1) is 16.5. The topological polar surface area (TPSA) is 97.4 Å². The maximum absolute atomic E-state index is 13.1. The number of carbonyl (C=O) groups excluding carboxylic acids is 3. The van der Waals surface area contributed by atoms with Crippen molar-refractivity contribution in [1.82, 2.24) is 4.90 Å². The van der Waals surface area contributed by atoms with Crippen molar-refractivity contribution in [2.24, 2.45) is 5.41 Å². The number of hydrogen-bond acceptors (Lipinski definition) is 7. The molecule has 0 bridgehead atoms. The lowest BCUT2D eigenvalue weighted by Gasteiger charge is -2.31. The molecule has 186 valence electrons. The lowest BCUT2D eigenvalue weighted by Crippen LogP contribution is -2.41. The Labute approximate surface area is 200 Å². The van der Waals surface area contributed by atoms with Crippen LogP contribution in [0, 0.1) is 5.41 Å². The second kappa shape index (κ2) is 10.6. The van der Waals surface area contributed by atoms with Crippen LogP contribution in [0.5, 0.6) is 11.5 Å². The number of anilines is 2. The molecule has 3 fully saturated rings. The Morgan fingerprint density at radius 1 is 1.03 bits per heavy atom. The third-order valence-electron chi connectivity index (χ3n) is 6.89. The van der Waals surface area contributed by atoms with Gasteiger partial charge in [0, 0.05) is 31.6 Å². The first-order valence-electron chi connectivity index (χ1n) is 12.4. The molecule has 4 rings (SSSR count). The third-order valence-corrected chi connectivity index (χ3v) is 6.89. The Hall–Kier alpha value is -2.81. The van der Waals surface area contributed by atoms with Gasteiger partial charge in [0.15, 0.2) is 0 Å². The quantitative estimate of drug-likeness (QED) is 0.580. The number of rotatable bonds is 8. The van der Waals surface area contributed by atoms with E-state index < -0.39 is 11.3 Å². The van der Waals surface area contributed by atoms with Gasteiger partial charge >= 0.3 is 0 Å². The van der Waals surface area contributed by atoms with E-state index >= 15 is 0 Å². The van der Waals surface area contributed by atoms with E-state index in [0.717, 1.165) is 55.8 Å². The van der Waals surface area contributed by atoms with E-state index in [1.807, 2.05) is 19.9 Å². The number of benzene rings is 1. The van der Waals surface area contributed by atoms with Gasteiger partial charge in [0.2, 0.25) is 17.7 Å². The summed E-state index contributed by atoms with van der Waals surface area (Å²) in [5, 5.41) is 2.85. The second-order valence-electron chi connectivity index (χ2n) is 9.13. The zero-order valence-electron chi connectivity index (χ0n) is 20.2. The number of carbonyl (C=O) groups is 3. The summed E-state index contributed by atoms with van der Waals surface area (Å²) in [6.45, 7) is 7.12. The number of morpholine rings is 1. The Morgan fingerprint density at radius 3 is 2.38 bits per heavy atom. The summed E-state index contributed by atoms with van der Waals surface area (Å²) < 4.78 is 17.2. The number of amides is 3. The van der Waals surface area contributed by atoms with Crippen LogP contribution in [0.4, 0.5) is 11.4 Å². The van der Waals surface area contributed by atoms with Crippen LogP contribution in [0.15, 0.2) is 12.1 Å². The van der Waals surface area contributed by atoms with Crippen LogP contribution in [0.1, 0.15) is 52.4 Å². The molecule has 9 nitrogen and oxygen atoms in total. The smallest absolute Gasteiger partial charge is 0.244 e. The average Bonchev–Trinajstić information content (AvgIpc) is 3.05. The highest BCUT2D eigenvalue weighted by molar-refractivity contribution is 6.09. The van der Waals surface area contributed by atoms with E-state index in [-0.39, 0.29) is 24.8 Å². The fourth-order valence-electron chi connectivity index (χ4n) is 5.22. The Morgan fingerprint density at radius 2 is 1.71 bits per heavy atom. The minimum absolute atomic E-state index is 0.199. The van der Waals surface area contributed by atoms with Crippen LogP contribution >= 0.6 is 0 Å². The normalized spacial score (nSPS) is 20.1. The summed E-state index contributed by atoms with van der Waals surface area (Å²) in [7, 11) is 0. The van der Waals surface area contributed by atoms with Crippen LogP contribution in [-0.2, 0) is 19.1 Å². The monoisotopic (exact) mass is 473 g/mol. The van der Waals surface area contributed by atoms with Crippen molar-refractivity contribution in [2.75, 3.05) is 56.3 Å². The van der Waals surface area contributed by atoms with Crippen molar-refractivity contribution >= 4 is 29.1 Å². The molecule has 3 aliphatic rings. The van der Waals surface area contributed by atoms with Gasteiger partial charge in [-0.15, -0.1) is 0 Å². The number of ether oxygens (including phenoxy) is 3. The van der Waals surface area contributed by atoms with E-state index in [1.54, 1.807) is 6.07 Å². The highest BCUT2D eigenvalue weighted by Crippen LogP contribution is 2.45. The van der Waals surface area contributed by atoms with Gasteiger partial charge in [0.05, 0.1) is 43.2 Å². The van der Waals surface area contributed by atoms with Crippen LogP contribution in [0.3, 0.4) is 0 Å². The predicted octanol–water partition coefficient (Wildman–Crippen LogP) is 2.97. The van der Waals surface area contributed by atoms with E-state index in [0.29, 0.717) is 43.6 Å². The lowest BCUT2D eigenvalue weighted by molar-refractivity contribution is -0.144. The minimum atomic E-state index is -0.603. The molecule has 0 aromatic heterocycles. The van der Waals surface area contributed by atoms with Gasteiger partial charge in [-0.05, 0) is 26.7 Å². The summed E-state index contributed by atoms with van der Waals surface area (Å²) in [5.74, 6) is 0.262. The summed E-state index contributed by atoms with van der Waals surface area (Å²) in [6.07, 6.45) is 4.66. The Bertz CT molecular complexity index is 921. The standard InChI is InChI=1S/C25H35N3O6/c1-3-33-20-15-19(27-10-12-32-13-11-27)21(34-4-2)14-18(20)26-22(29)17-28-23(30)16-25(24(28)31)8-6-5-7-9-25/h14-15H,3-13,16-17H2,1-2H3,(H,26,29). The molecule has 9 heteroatoms. The number of nitrogens with zero attached hydrogens (tertiary/aromatic N) is 2. The van der Waals surface area contributed by atoms with Crippen LogP contribution in [-0.4, -0.2) is 68.7 Å². The predicted molar refractivity (Wildman–Crippen MR) is 127 cm³/mol. The van der Waals surface area contributed by atoms with Gasteiger partial charge in [-0.25, -0.2) is 0 Å². The number of imide groups is 1. The van der Waals surface area contributed by atoms with Crippen molar-refractivity contribution < 1.29 is 28.6 Å². The highest BCUT2D eigenvalue weighted by atomic mass is 16.5. The van der Waals surface area contributed by atoms with Crippen LogP contribution in [0.2, 0.25) is 0 Å². The lowest BCUT2D eigenvalue weighted by atomic mass is 9.73. The van der Waals surface area contributed by atoms with Gasteiger partial charge in [-0.3, -0.25) is 19.3 Å². The molecule has 1 spiro atoms. The maximum Gasteiger partial charge on any atom is 0.244 e. The summed E-state index contributed by atoms with van der Waals surface area (Å²) >= 11 is 0. The zero-order valence-corrected chi connectivity index (χ0v) is 20.2. The summed E-state index contributed by atoms with van der Waals surface area (Å²) in [5.41, 5.74) is 0.739. The van der Waals surface area contributed by atoms with Gasteiger partial charge < -0.3 is 24.4 Å². The molecule has 3 amide bonds. The van der Waals surface area contributed by atoms with Crippen LogP contribution in [0.25, 0.3) is 0 Å². The maximum atomic E-state index is 13.1. The van der Waals surface area contributed by atoms with Crippen molar-refractivity contribution in [3.63, 3.8) is 0 Å². The van der Waals surface area contributed by atoms with Gasteiger partial charge in [0.1, 0.15) is 18.0 Å². The number of likely N-dealkylation sites (tertiary alicyclic amines) is 1. The van der Waals surface area contributed by atoms with E-state index in [4.69, 9.17) is 14.2 Å². The first kappa shape index (κ1) is 24.3.